The standard InChI is InChI=1S/C41H66N2O6/c1-3-4-5-6-7-8-9-10-11-15-18-21-24-27-30-33-40(46)49-36(2)31-28-25-22-19-16-13-12-14-17-20-23-26-29-32-39(45)43-37(41(47)48)34-35-38(42)44/h4-5,7-8,10-13,19,22,28,31,36-37H,3,6,9,14-18,20-21,23-27,29-30,32-35H2,1-2H3,(H2,42,44)(H,43,45)(H,47,48)/t36?,37-/m0/s1. The van der Waals surface area contributed by atoms with Crippen molar-refractivity contribution in [1.29, 1.82) is 0 Å². The lowest BCUT2D eigenvalue weighted by molar-refractivity contribution is -0.146. The van der Waals surface area contributed by atoms with E-state index in [2.05, 4.69) is 73.0 Å². The second-order valence-corrected chi connectivity index (χ2v) is 12.4. The molecule has 0 fully saturated rings. The summed E-state index contributed by atoms with van der Waals surface area (Å²) in [4.78, 5) is 46.1. The van der Waals surface area contributed by atoms with Gasteiger partial charge in [-0.1, -0.05) is 112 Å². The van der Waals surface area contributed by atoms with Crippen molar-refractivity contribution in [2.24, 2.45) is 5.73 Å². The highest BCUT2D eigenvalue weighted by atomic mass is 16.5. The second-order valence-electron chi connectivity index (χ2n) is 12.4. The number of primary amides is 1. The molecule has 49 heavy (non-hydrogen) atoms. The monoisotopic (exact) mass is 682 g/mol. The molecule has 8 heteroatoms. The number of ether oxygens (including phenoxy) is 1. The van der Waals surface area contributed by atoms with Crippen LogP contribution in [0.3, 0.4) is 0 Å². The molecule has 0 saturated carbocycles. The van der Waals surface area contributed by atoms with E-state index in [9.17, 15) is 19.2 Å². The average molecular weight is 683 g/mol. The van der Waals surface area contributed by atoms with Gasteiger partial charge in [0.25, 0.3) is 0 Å². The van der Waals surface area contributed by atoms with Gasteiger partial charge in [-0.05, 0) is 90.0 Å². The molecular weight excluding hydrogens is 616 g/mol. The summed E-state index contributed by atoms with van der Waals surface area (Å²) >= 11 is 0. The SMILES string of the molecule is CCC=CCC=CCC=CCCCCCCCC(=O)OC(C)C=CCC=CCC=CCCCCCCCC(=O)N[C@@H](CCC(N)=O)C(=O)O. The average Bonchev–Trinajstić information content (AvgIpc) is 3.06. The summed E-state index contributed by atoms with van der Waals surface area (Å²) in [5.41, 5.74) is 5.05. The van der Waals surface area contributed by atoms with Gasteiger partial charge in [-0.25, -0.2) is 4.79 Å². The van der Waals surface area contributed by atoms with E-state index >= 15 is 0 Å². The van der Waals surface area contributed by atoms with Gasteiger partial charge >= 0.3 is 11.9 Å². The largest absolute Gasteiger partial charge is 0.480 e. The van der Waals surface area contributed by atoms with E-state index in [0.29, 0.717) is 12.8 Å². The lowest BCUT2D eigenvalue weighted by Crippen LogP contribution is -2.41. The van der Waals surface area contributed by atoms with Gasteiger partial charge in [0.15, 0.2) is 0 Å². The minimum absolute atomic E-state index is 0.00553. The lowest BCUT2D eigenvalue weighted by Gasteiger charge is -2.13. The second kappa shape index (κ2) is 34.2. The highest BCUT2D eigenvalue weighted by Gasteiger charge is 2.20. The van der Waals surface area contributed by atoms with Crippen LogP contribution >= 0.6 is 0 Å². The van der Waals surface area contributed by atoms with Gasteiger partial charge in [0, 0.05) is 19.3 Å². The number of carboxylic acids is 1. The van der Waals surface area contributed by atoms with Crippen molar-refractivity contribution in [3.05, 3.63) is 72.9 Å². The maximum atomic E-state index is 12.1. The van der Waals surface area contributed by atoms with Crippen LogP contribution in [0, 0.1) is 0 Å². The maximum Gasteiger partial charge on any atom is 0.326 e. The Morgan fingerprint density at radius 3 is 1.63 bits per heavy atom. The zero-order chi connectivity index (χ0) is 36.2. The van der Waals surface area contributed by atoms with E-state index in [1.807, 2.05) is 19.1 Å². The summed E-state index contributed by atoms with van der Waals surface area (Å²) in [6.07, 6.45) is 43.7. The summed E-state index contributed by atoms with van der Waals surface area (Å²) < 4.78 is 5.50. The summed E-state index contributed by atoms with van der Waals surface area (Å²) in [5, 5.41) is 11.6. The Bertz CT molecular complexity index is 1060. The predicted molar refractivity (Wildman–Crippen MR) is 202 cm³/mol. The Hall–Kier alpha value is -3.68. The first-order valence-corrected chi connectivity index (χ1v) is 18.7. The molecule has 0 saturated heterocycles. The van der Waals surface area contributed by atoms with Crippen molar-refractivity contribution in [2.45, 2.75) is 161 Å². The van der Waals surface area contributed by atoms with E-state index in [-0.39, 0.29) is 37.2 Å². The third-order valence-corrected chi connectivity index (χ3v) is 7.72. The summed E-state index contributed by atoms with van der Waals surface area (Å²) in [5.74, 6) is -2.17. The zero-order valence-electron chi connectivity index (χ0n) is 30.5. The highest BCUT2D eigenvalue weighted by molar-refractivity contribution is 5.84. The van der Waals surface area contributed by atoms with Crippen LogP contribution in [0.15, 0.2) is 72.9 Å². The number of carbonyl (C=O) groups excluding carboxylic acids is 3. The number of nitrogens with one attached hydrogen (secondary N) is 1. The van der Waals surface area contributed by atoms with Crippen molar-refractivity contribution < 1.29 is 29.0 Å². The zero-order valence-corrected chi connectivity index (χ0v) is 30.5. The topological polar surface area (TPSA) is 136 Å². The number of carbonyl (C=O) groups is 4. The van der Waals surface area contributed by atoms with Crippen molar-refractivity contribution >= 4 is 23.8 Å². The number of hydrogen-bond acceptors (Lipinski definition) is 5. The number of carboxylic acid groups (broad SMARTS) is 1. The molecule has 0 aromatic heterocycles. The third kappa shape index (κ3) is 34.0. The fourth-order valence-corrected chi connectivity index (χ4v) is 4.92. The Morgan fingerprint density at radius 1 is 0.633 bits per heavy atom. The van der Waals surface area contributed by atoms with E-state index in [1.165, 1.54) is 12.8 Å². The van der Waals surface area contributed by atoms with Crippen LogP contribution in [0.1, 0.15) is 149 Å². The van der Waals surface area contributed by atoms with Crippen LogP contribution < -0.4 is 11.1 Å². The molecule has 0 bridgehead atoms. The van der Waals surface area contributed by atoms with E-state index in [1.54, 1.807) is 0 Å². The number of rotatable bonds is 32. The quantitative estimate of drug-likeness (QED) is 0.0367. The molecule has 1 unspecified atom stereocenters. The van der Waals surface area contributed by atoms with E-state index in [0.717, 1.165) is 89.9 Å². The summed E-state index contributed by atoms with van der Waals surface area (Å²) in [7, 11) is 0. The molecule has 0 aliphatic heterocycles. The fraction of sp³-hybridized carbons (Fsp3) is 0.610. The van der Waals surface area contributed by atoms with E-state index in [4.69, 9.17) is 15.6 Å². The van der Waals surface area contributed by atoms with Gasteiger partial charge in [0.1, 0.15) is 12.1 Å². The molecule has 0 aromatic rings. The normalized spacial score (nSPS) is 13.4. The van der Waals surface area contributed by atoms with E-state index < -0.39 is 17.9 Å². The first-order chi connectivity index (χ1) is 23.8. The number of unbranched alkanes of at least 4 members (excludes halogenated alkanes) is 10. The third-order valence-electron chi connectivity index (χ3n) is 7.72. The van der Waals surface area contributed by atoms with Crippen LogP contribution in [0.4, 0.5) is 0 Å². The van der Waals surface area contributed by atoms with Crippen molar-refractivity contribution in [3.8, 4) is 0 Å². The van der Waals surface area contributed by atoms with Crippen LogP contribution in [-0.4, -0.2) is 41.0 Å². The molecule has 0 aliphatic carbocycles. The number of nitrogens with two attached hydrogens (primary N) is 1. The van der Waals surface area contributed by atoms with Gasteiger partial charge in [0.05, 0.1) is 0 Å². The molecule has 0 spiro atoms. The van der Waals surface area contributed by atoms with Gasteiger partial charge in [0.2, 0.25) is 11.8 Å². The first kappa shape index (κ1) is 45.3. The summed E-state index contributed by atoms with van der Waals surface area (Å²) in [6, 6.07) is -1.08. The van der Waals surface area contributed by atoms with Gasteiger partial charge in [-0.3, -0.25) is 14.4 Å². The number of hydrogen-bond donors (Lipinski definition) is 3. The Morgan fingerprint density at radius 2 is 1.10 bits per heavy atom. The molecule has 0 rings (SSSR count). The molecule has 0 radical (unpaired) electrons. The molecule has 0 heterocycles. The predicted octanol–water partition coefficient (Wildman–Crippen LogP) is 9.52. The molecule has 4 N–H and O–H groups in total. The minimum Gasteiger partial charge on any atom is -0.480 e. The molecule has 0 aliphatic rings. The number of esters is 1. The molecule has 2 amide bonds. The van der Waals surface area contributed by atoms with Crippen molar-refractivity contribution in [3.63, 3.8) is 0 Å². The molecule has 2 atom stereocenters. The Kier molecular flexibility index (Phi) is 31.6. The van der Waals surface area contributed by atoms with Crippen LogP contribution in [0.2, 0.25) is 0 Å². The summed E-state index contributed by atoms with van der Waals surface area (Å²) in [6.45, 7) is 4.05. The smallest absolute Gasteiger partial charge is 0.326 e. The maximum absolute atomic E-state index is 12.1. The van der Waals surface area contributed by atoms with Crippen LogP contribution in [-0.2, 0) is 23.9 Å². The van der Waals surface area contributed by atoms with Crippen molar-refractivity contribution in [1.82, 2.24) is 5.32 Å². The highest BCUT2D eigenvalue weighted by Crippen LogP contribution is 2.11. The number of amides is 2. The Labute approximate surface area is 297 Å². The first-order valence-electron chi connectivity index (χ1n) is 18.7. The molecule has 8 nitrogen and oxygen atoms in total. The van der Waals surface area contributed by atoms with Gasteiger partial charge < -0.3 is 20.9 Å². The number of allylic oxidation sites excluding steroid dienone is 11. The van der Waals surface area contributed by atoms with Gasteiger partial charge in [-0.15, -0.1) is 0 Å². The molecule has 0 aromatic carbocycles. The fourth-order valence-electron chi connectivity index (χ4n) is 4.92. The molecular formula is C41H66N2O6. The lowest BCUT2D eigenvalue weighted by atomic mass is 10.1. The van der Waals surface area contributed by atoms with Crippen LogP contribution in [0.5, 0.6) is 0 Å². The number of aliphatic carboxylic acids is 1. The van der Waals surface area contributed by atoms with Crippen LogP contribution in [0.25, 0.3) is 0 Å². The van der Waals surface area contributed by atoms with Gasteiger partial charge in [-0.2, -0.15) is 0 Å². The molecule has 276 valence electrons. The minimum atomic E-state index is -1.16. The van der Waals surface area contributed by atoms with Crippen molar-refractivity contribution in [2.75, 3.05) is 0 Å². The Balaban J connectivity index is 3.69.